The van der Waals surface area contributed by atoms with Gasteiger partial charge in [0.15, 0.2) is 0 Å². The third-order valence-corrected chi connectivity index (χ3v) is 6.69. The molecule has 0 saturated carbocycles. The standard InChI is InChI=1S/C20H27N3O5S/c1-27-19-6-4-17(5-7-19)15-28-16-18(24)14-22-9-11-23(12-10-22)29(25,26)20-3-2-8-21-13-20/h2-8,13,18,24H,9-12,14-16H2,1H3. The first-order chi connectivity index (χ1) is 14.0. The highest BCUT2D eigenvalue weighted by atomic mass is 32.2. The summed E-state index contributed by atoms with van der Waals surface area (Å²) in [7, 11) is -1.89. The minimum Gasteiger partial charge on any atom is -0.497 e. The number of hydrogen-bond donors (Lipinski definition) is 1. The van der Waals surface area contributed by atoms with Crippen LogP contribution in [0.4, 0.5) is 0 Å². The van der Waals surface area contributed by atoms with Crippen molar-refractivity contribution >= 4 is 10.0 Å². The van der Waals surface area contributed by atoms with Gasteiger partial charge < -0.3 is 14.6 Å². The topological polar surface area (TPSA) is 92.2 Å². The summed E-state index contributed by atoms with van der Waals surface area (Å²) in [5.41, 5.74) is 1.01. The van der Waals surface area contributed by atoms with Crippen molar-refractivity contribution in [3.63, 3.8) is 0 Å². The predicted octanol–water partition coefficient (Wildman–Crippen LogP) is 0.974. The number of aromatic nitrogens is 1. The Balaban J connectivity index is 1.39. The maximum absolute atomic E-state index is 12.6. The third-order valence-electron chi connectivity index (χ3n) is 4.81. The molecule has 1 unspecified atom stereocenters. The van der Waals surface area contributed by atoms with Crippen LogP contribution >= 0.6 is 0 Å². The average molecular weight is 422 g/mol. The summed E-state index contributed by atoms with van der Waals surface area (Å²) in [5, 5.41) is 10.2. The quantitative estimate of drug-likeness (QED) is 0.645. The molecule has 0 bridgehead atoms. The van der Waals surface area contributed by atoms with Gasteiger partial charge >= 0.3 is 0 Å². The Labute approximate surface area is 171 Å². The summed E-state index contributed by atoms with van der Waals surface area (Å²) >= 11 is 0. The maximum Gasteiger partial charge on any atom is 0.244 e. The number of piperazine rings is 1. The van der Waals surface area contributed by atoms with Crippen molar-refractivity contribution in [3.05, 3.63) is 54.4 Å². The molecule has 0 amide bonds. The van der Waals surface area contributed by atoms with Crippen molar-refractivity contribution in [3.8, 4) is 5.75 Å². The molecule has 29 heavy (non-hydrogen) atoms. The van der Waals surface area contributed by atoms with E-state index in [9.17, 15) is 13.5 Å². The number of ether oxygens (including phenoxy) is 2. The molecule has 8 nitrogen and oxygen atoms in total. The van der Waals surface area contributed by atoms with Crippen LogP contribution in [0.3, 0.4) is 0 Å². The highest BCUT2D eigenvalue weighted by Crippen LogP contribution is 2.17. The fraction of sp³-hybridized carbons (Fsp3) is 0.450. The first-order valence-electron chi connectivity index (χ1n) is 9.50. The molecule has 1 aromatic heterocycles. The van der Waals surface area contributed by atoms with Crippen LogP contribution in [0.15, 0.2) is 53.7 Å². The fourth-order valence-corrected chi connectivity index (χ4v) is 4.57. The first-order valence-corrected chi connectivity index (χ1v) is 10.9. The Morgan fingerprint density at radius 3 is 2.48 bits per heavy atom. The Morgan fingerprint density at radius 2 is 1.86 bits per heavy atom. The number of sulfonamides is 1. The maximum atomic E-state index is 12.6. The van der Waals surface area contributed by atoms with Crippen LogP contribution in [0, 0.1) is 0 Å². The summed E-state index contributed by atoms with van der Waals surface area (Å²) in [4.78, 5) is 6.15. The molecule has 1 saturated heterocycles. The lowest BCUT2D eigenvalue weighted by Gasteiger charge is -2.34. The van der Waals surface area contributed by atoms with Crippen molar-refractivity contribution in [1.82, 2.24) is 14.2 Å². The lowest BCUT2D eigenvalue weighted by molar-refractivity contribution is 0.00538. The Morgan fingerprint density at radius 1 is 1.14 bits per heavy atom. The minimum absolute atomic E-state index is 0.209. The van der Waals surface area contributed by atoms with E-state index in [-0.39, 0.29) is 11.5 Å². The Bertz CT molecular complexity index is 853. The van der Waals surface area contributed by atoms with E-state index < -0.39 is 16.1 Å². The number of aliphatic hydroxyl groups is 1. The summed E-state index contributed by atoms with van der Waals surface area (Å²) in [5.74, 6) is 0.790. The van der Waals surface area contributed by atoms with Gasteiger partial charge in [-0.1, -0.05) is 12.1 Å². The zero-order valence-corrected chi connectivity index (χ0v) is 17.3. The van der Waals surface area contributed by atoms with Gasteiger partial charge in [0.05, 0.1) is 26.4 Å². The molecule has 3 rings (SSSR count). The largest absolute Gasteiger partial charge is 0.497 e. The van der Waals surface area contributed by atoms with Crippen LogP contribution in [-0.4, -0.2) is 80.3 Å². The van der Waals surface area contributed by atoms with Gasteiger partial charge in [0, 0.05) is 45.1 Å². The number of rotatable bonds is 9. The summed E-state index contributed by atoms with van der Waals surface area (Å²) in [6.07, 6.45) is 2.29. The Hall–Kier alpha value is -2.04. The number of β-amino-alcohol motifs (C(OH)–C–C–N with tert-alkyl or cyclic N) is 1. The lowest BCUT2D eigenvalue weighted by Crippen LogP contribution is -2.50. The number of pyridine rings is 1. The molecule has 0 spiro atoms. The number of hydrogen-bond acceptors (Lipinski definition) is 7. The highest BCUT2D eigenvalue weighted by molar-refractivity contribution is 7.89. The van der Waals surface area contributed by atoms with E-state index in [1.165, 1.54) is 10.5 Å². The van der Waals surface area contributed by atoms with Crippen molar-refractivity contribution in [2.45, 2.75) is 17.6 Å². The van der Waals surface area contributed by atoms with Crippen LogP contribution in [0.5, 0.6) is 5.75 Å². The molecule has 1 fully saturated rings. The summed E-state index contributed by atoms with van der Waals surface area (Å²) < 4.78 is 37.4. The molecule has 1 N–H and O–H groups in total. The third kappa shape index (κ3) is 5.97. The van der Waals surface area contributed by atoms with Crippen LogP contribution in [-0.2, 0) is 21.4 Å². The van der Waals surface area contributed by atoms with Crippen molar-refractivity contribution in [2.24, 2.45) is 0 Å². The highest BCUT2D eigenvalue weighted by Gasteiger charge is 2.29. The molecular formula is C20H27N3O5S. The molecule has 2 aromatic rings. The normalized spacial score (nSPS) is 17.2. The van der Waals surface area contributed by atoms with E-state index >= 15 is 0 Å². The fourth-order valence-electron chi connectivity index (χ4n) is 3.19. The average Bonchev–Trinajstić information content (AvgIpc) is 2.75. The van der Waals surface area contributed by atoms with Crippen molar-refractivity contribution < 1.29 is 23.0 Å². The van der Waals surface area contributed by atoms with Gasteiger partial charge in [-0.2, -0.15) is 4.31 Å². The van der Waals surface area contributed by atoms with E-state index in [1.54, 1.807) is 25.4 Å². The van der Waals surface area contributed by atoms with Gasteiger partial charge in [-0.05, 0) is 29.8 Å². The van der Waals surface area contributed by atoms with E-state index in [4.69, 9.17) is 9.47 Å². The van der Waals surface area contributed by atoms with Gasteiger partial charge in [0.25, 0.3) is 0 Å². The summed E-state index contributed by atoms with van der Waals surface area (Å²) in [6, 6.07) is 10.8. The van der Waals surface area contributed by atoms with E-state index in [1.807, 2.05) is 24.3 Å². The molecule has 0 aliphatic carbocycles. The minimum atomic E-state index is -3.52. The molecule has 158 valence electrons. The SMILES string of the molecule is COc1ccc(COCC(O)CN2CCN(S(=O)(=O)c3cccnc3)CC2)cc1. The molecular weight excluding hydrogens is 394 g/mol. The van der Waals surface area contributed by atoms with Gasteiger partial charge in [-0.3, -0.25) is 9.88 Å². The number of aliphatic hydroxyl groups excluding tert-OH is 1. The lowest BCUT2D eigenvalue weighted by atomic mass is 10.2. The second-order valence-electron chi connectivity index (χ2n) is 6.91. The van der Waals surface area contributed by atoms with Crippen molar-refractivity contribution in [1.29, 1.82) is 0 Å². The predicted molar refractivity (Wildman–Crippen MR) is 108 cm³/mol. The molecule has 9 heteroatoms. The number of nitrogens with zero attached hydrogens (tertiary/aromatic N) is 3. The summed E-state index contributed by atoms with van der Waals surface area (Å²) in [6.45, 7) is 2.99. The molecule has 2 heterocycles. The second-order valence-corrected chi connectivity index (χ2v) is 8.85. The van der Waals surface area contributed by atoms with Gasteiger partial charge in [-0.15, -0.1) is 0 Å². The van der Waals surface area contributed by atoms with E-state index in [0.717, 1.165) is 11.3 Å². The molecule has 1 aliphatic rings. The molecule has 1 aliphatic heterocycles. The first kappa shape index (κ1) is 21.7. The Kier molecular flexibility index (Phi) is 7.57. The van der Waals surface area contributed by atoms with Gasteiger partial charge in [0.1, 0.15) is 10.6 Å². The molecule has 0 radical (unpaired) electrons. The van der Waals surface area contributed by atoms with E-state index in [0.29, 0.717) is 39.3 Å². The number of benzene rings is 1. The van der Waals surface area contributed by atoms with Gasteiger partial charge in [0.2, 0.25) is 10.0 Å². The van der Waals surface area contributed by atoms with Crippen LogP contribution in [0.25, 0.3) is 0 Å². The second kappa shape index (κ2) is 10.1. The number of methoxy groups -OCH3 is 1. The van der Waals surface area contributed by atoms with Crippen molar-refractivity contribution in [2.75, 3.05) is 46.4 Å². The van der Waals surface area contributed by atoms with Crippen LogP contribution < -0.4 is 4.74 Å². The smallest absolute Gasteiger partial charge is 0.244 e. The zero-order chi connectivity index (χ0) is 20.7. The van der Waals surface area contributed by atoms with Crippen LogP contribution in [0.1, 0.15) is 5.56 Å². The zero-order valence-electron chi connectivity index (χ0n) is 16.5. The van der Waals surface area contributed by atoms with Crippen LogP contribution in [0.2, 0.25) is 0 Å². The molecule has 1 aromatic carbocycles. The van der Waals surface area contributed by atoms with E-state index in [2.05, 4.69) is 9.88 Å². The monoisotopic (exact) mass is 421 g/mol. The van der Waals surface area contributed by atoms with Gasteiger partial charge in [-0.25, -0.2) is 8.42 Å². The molecule has 1 atom stereocenters.